The minimum atomic E-state index is -1.38. The molecule has 0 unspecified atom stereocenters. The monoisotopic (exact) mass is 299 g/mol. The third kappa shape index (κ3) is 3.00. The van der Waals surface area contributed by atoms with Crippen LogP contribution in [0, 0.1) is 27.6 Å². The number of anilines is 3. The molecule has 1 aromatic heterocycles. The summed E-state index contributed by atoms with van der Waals surface area (Å²) in [5.74, 6) is 0.989. The van der Waals surface area contributed by atoms with E-state index in [4.69, 9.17) is 5.84 Å². The van der Waals surface area contributed by atoms with E-state index in [0.29, 0.717) is 12.1 Å². The van der Waals surface area contributed by atoms with Gasteiger partial charge in [-0.3, -0.25) is 10.1 Å². The second-order valence-corrected chi connectivity index (χ2v) is 3.84. The lowest BCUT2D eigenvalue weighted by Crippen LogP contribution is -2.10. The number of hydrazine groups is 1. The van der Waals surface area contributed by atoms with E-state index in [1.807, 2.05) is 0 Å². The normalized spacial score (nSPS) is 10.3. The van der Waals surface area contributed by atoms with Crippen molar-refractivity contribution < 1.29 is 18.1 Å². The molecule has 0 aliphatic heterocycles. The van der Waals surface area contributed by atoms with Crippen LogP contribution in [0.3, 0.4) is 0 Å². The zero-order valence-corrected chi connectivity index (χ0v) is 10.2. The molecule has 0 radical (unpaired) electrons. The van der Waals surface area contributed by atoms with Crippen LogP contribution in [0.25, 0.3) is 0 Å². The molecule has 21 heavy (non-hydrogen) atoms. The highest BCUT2D eigenvalue weighted by Crippen LogP contribution is 2.29. The maximum atomic E-state index is 13.5. The lowest BCUT2D eigenvalue weighted by molar-refractivity contribution is -0.384. The second kappa shape index (κ2) is 5.63. The molecule has 0 saturated heterocycles. The Labute approximate surface area is 115 Å². The largest absolute Gasteiger partial charge is 0.332 e. The van der Waals surface area contributed by atoms with Gasteiger partial charge in [-0.1, -0.05) is 0 Å². The van der Waals surface area contributed by atoms with E-state index in [2.05, 4.69) is 15.7 Å². The molecule has 0 amide bonds. The summed E-state index contributed by atoms with van der Waals surface area (Å²) in [7, 11) is 0. The van der Waals surface area contributed by atoms with E-state index in [1.54, 1.807) is 0 Å². The zero-order valence-electron chi connectivity index (χ0n) is 10.2. The Kier molecular flexibility index (Phi) is 3.89. The van der Waals surface area contributed by atoms with Gasteiger partial charge in [-0.2, -0.15) is 0 Å². The van der Waals surface area contributed by atoms with E-state index >= 15 is 0 Å². The highest BCUT2D eigenvalue weighted by Gasteiger charge is 2.18. The average Bonchev–Trinajstić information content (AvgIpc) is 2.44. The molecular weight excluding hydrogens is 291 g/mol. The summed E-state index contributed by atoms with van der Waals surface area (Å²) in [5.41, 5.74) is 1.16. The number of rotatable bonds is 4. The number of aromatic nitrogens is 1. The van der Waals surface area contributed by atoms with Crippen LogP contribution in [0.2, 0.25) is 0 Å². The molecular formula is C11H8F3N5O2. The number of halogens is 3. The van der Waals surface area contributed by atoms with Gasteiger partial charge in [0.15, 0.2) is 11.6 Å². The summed E-state index contributed by atoms with van der Waals surface area (Å²) in [5, 5.41) is 13.1. The van der Waals surface area contributed by atoms with Gasteiger partial charge >= 0.3 is 5.69 Å². The number of nitrogens with two attached hydrogens (primary N) is 1. The smallest absolute Gasteiger partial charge is 0.311 e. The molecule has 2 rings (SSSR count). The lowest BCUT2D eigenvalue weighted by atomic mass is 10.2. The molecule has 0 fully saturated rings. The fourth-order valence-electron chi connectivity index (χ4n) is 1.52. The summed E-state index contributed by atoms with van der Waals surface area (Å²) in [6.07, 6.45) is 0. The summed E-state index contributed by atoms with van der Waals surface area (Å²) >= 11 is 0. The van der Waals surface area contributed by atoms with Crippen LogP contribution in [0.1, 0.15) is 0 Å². The number of hydrogen-bond donors (Lipinski definition) is 3. The van der Waals surface area contributed by atoms with Crippen LogP contribution in [0.5, 0.6) is 0 Å². The van der Waals surface area contributed by atoms with Gasteiger partial charge in [-0.15, -0.1) is 0 Å². The maximum Gasteiger partial charge on any atom is 0.311 e. The Hall–Kier alpha value is -2.88. The van der Waals surface area contributed by atoms with Crippen LogP contribution in [-0.2, 0) is 0 Å². The number of nitrogens with zero attached hydrogens (tertiary/aromatic N) is 2. The topological polar surface area (TPSA) is 106 Å². The number of benzene rings is 1. The van der Waals surface area contributed by atoms with Gasteiger partial charge in [-0.05, 0) is 6.07 Å². The van der Waals surface area contributed by atoms with Crippen LogP contribution in [0.15, 0.2) is 24.3 Å². The first-order valence-electron chi connectivity index (χ1n) is 5.46. The first kappa shape index (κ1) is 14.5. The quantitative estimate of drug-likeness (QED) is 0.346. The van der Waals surface area contributed by atoms with Crippen LogP contribution in [-0.4, -0.2) is 9.91 Å². The van der Waals surface area contributed by atoms with Crippen molar-refractivity contribution in [3.05, 3.63) is 51.8 Å². The fraction of sp³-hybridized carbons (Fsp3) is 0. The third-order valence-corrected chi connectivity index (χ3v) is 2.48. The molecule has 0 aliphatic rings. The summed E-state index contributed by atoms with van der Waals surface area (Å²) in [6, 6.07) is 3.14. The van der Waals surface area contributed by atoms with Crippen LogP contribution in [0.4, 0.5) is 36.2 Å². The summed E-state index contributed by atoms with van der Waals surface area (Å²) in [4.78, 5) is 13.8. The Morgan fingerprint density at radius 1 is 1.14 bits per heavy atom. The molecule has 0 atom stereocenters. The highest BCUT2D eigenvalue weighted by molar-refractivity contribution is 5.67. The Balaban J connectivity index is 2.47. The molecule has 1 heterocycles. The summed E-state index contributed by atoms with van der Waals surface area (Å²) < 4.78 is 39.5. The van der Waals surface area contributed by atoms with Gasteiger partial charge in [0, 0.05) is 18.2 Å². The fourth-order valence-corrected chi connectivity index (χ4v) is 1.52. The van der Waals surface area contributed by atoms with Crippen LogP contribution >= 0.6 is 0 Å². The van der Waals surface area contributed by atoms with Gasteiger partial charge in [0.25, 0.3) is 0 Å². The van der Waals surface area contributed by atoms with Crippen molar-refractivity contribution >= 4 is 23.0 Å². The molecule has 0 saturated carbocycles. The second-order valence-electron chi connectivity index (χ2n) is 3.84. The highest BCUT2D eigenvalue weighted by atomic mass is 19.2. The van der Waals surface area contributed by atoms with E-state index in [0.717, 1.165) is 6.07 Å². The zero-order chi connectivity index (χ0) is 15.6. The van der Waals surface area contributed by atoms with E-state index < -0.39 is 33.7 Å². The number of nitrogens with one attached hydrogen (secondary N) is 2. The predicted molar refractivity (Wildman–Crippen MR) is 68.3 cm³/mol. The molecule has 110 valence electrons. The first-order chi connectivity index (χ1) is 9.92. The van der Waals surface area contributed by atoms with E-state index in [1.165, 1.54) is 6.07 Å². The van der Waals surface area contributed by atoms with E-state index in [-0.39, 0.29) is 11.6 Å². The minimum Gasteiger partial charge on any atom is -0.332 e. The minimum absolute atomic E-state index is 0.0612. The van der Waals surface area contributed by atoms with Crippen molar-refractivity contribution in [2.45, 2.75) is 0 Å². The first-order valence-corrected chi connectivity index (χ1v) is 5.46. The maximum absolute atomic E-state index is 13.5. The Morgan fingerprint density at radius 2 is 1.81 bits per heavy atom. The predicted octanol–water partition coefficient (Wildman–Crippen LogP) is 2.44. The number of nitrogen functional groups attached to an aromatic ring is 1. The number of nitro groups is 1. The molecule has 0 aliphatic carbocycles. The van der Waals surface area contributed by atoms with Crippen LogP contribution < -0.4 is 16.6 Å². The van der Waals surface area contributed by atoms with Gasteiger partial charge in [0.05, 0.1) is 10.6 Å². The molecule has 4 N–H and O–H groups in total. The summed E-state index contributed by atoms with van der Waals surface area (Å²) in [6.45, 7) is 0. The SMILES string of the molecule is NNc1ccc([N+](=O)[O-])c(Nc2cc(F)c(F)cc2F)n1. The Morgan fingerprint density at radius 3 is 2.43 bits per heavy atom. The molecule has 0 bridgehead atoms. The molecule has 2 aromatic rings. The molecule has 7 nitrogen and oxygen atoms in total. The molecule has 1 aromatic carbocycles. The van der Waals surface area contributed by atoms with Gasteiger partial charge in [0.2, 0.25) is 5.82 Å². The van der Waals surface area contributed by atoms with Crippen molar-refractivity contribution in [1.29, 1.82) is 0 Å². The molecule has 10 heteroatoms. The number of pyridine rings is 1. The van der Waals surface area contributed by atoms with Crippen molar-refractivity contribution in [3.8, 4) is 0 Å². The van der Waals surface area contributed by atoms with Gasteiger partial charge in [0.1, 0.15) is 11.6 Å². The van der Waals surface area contributed by atoms with Gasteiger partial charge < -0.3 is 10.7 Å². The Bertz CT molecular complexity index is 710. The van der Waals surface area contributed by atoms with E-state index in [9.17, 15) is 23.3 Å². The molecule has 0 spiro atoms. The van der Waals surface area contributed by atoms with Crippen molar-refractivity contribution in [3.63, 3.8) is 0 Å². The third-order valence-electron chi connectivity index (χ3n) is 2.48. The van der Waals surface area contributed by atoms with Crippen molar-refractivity contribution in [2.75, 3.05) is 10.7 Å². The average molecular weight is 299 g/mol. The van der Waals surface area contributed by atoms with Crippen molar-refractivity contribution in [1.82, 2.24) is 4.98 Å². The van der Waals surface area contributed by atoms with Crippen molar-refractivity contribution in [2.24, 2.45) is 5.84 Å². The van der Waals surface area contributed by atoms with Gasteiger partial charge in [-0.25, -0.2) is 24.0 Å². The lowest BCUT2D eigenvalue weighted by Gasteiger charge is -2.09. The number of hydrogen-bond acceptors (Lipinski definition) is 6. The standard InChI is InChI=1S/C11H8F3N5O2/c12-5-3-7(14)8(4-6(5)13)16-11-9(19(20)21)1-2-10(17-11)18-15/h1-4H,15H2,(H2,16,17,18).